The smallest absolute Gasteiger partial charge is 0.256 e. The number of hydrogen-bond donors (Lipinski definition) is 1. The lowest BCUT2D eigenvalue weighted by atomic mass is 10.1. The van der Waals surface area contributed by atoms with E-state index in [1.54, 1.807) is 0 Å². The summed E-state index contributed by atoms with van der Waals surface area (Å²) in [5, 5.41) is 0.0754. The summed E-state index contributed by atoms with van der Waals surface area (Å²) in [4.78, 5) is 20.7. The number of pyridine rings is 1. The van der Waals surface area contributed by atoms with Gasteiger partial charge < -0.3 is 0 Å². The minimum atomic E-state index is -3.86. The molecule has 2 aromatic carbocycles. The van der Waals surface area contributed by atoms with Gasteiger partial charge in [0.05, 0.1) is 11.9 Å². The number of fused-ring (bicyclic) bond motifs is 1. The summed E-state index contributed by atoms with van der Waals surface area (Å²) >= 11 is 0. The zero-order chi connectivity index (χ0) is 22.3. The van der Waals surface area contributed by atoms with Crippen LogP contribution in [-0.2, 0) is 10.0 Å². The second-order valence-electron chi connectivity index (χ2n) is 6.56. The third kappa shape index (κ3) is 3.87. The van der Waals surface area contributed by atoms with Crippen molar-refractivity contribution in [2.24, 2.45) is 0 Å². The molecule has 158 valence electrons. The Morgan fingerprint density at radius 1 is 0.871 bits per heavy atom. The topological polar surface area (TPSA) is 94.0 Å². The molecule has 1 N–H and O–H groups in total. The maximum absolute atomic E-state index is 14.5. The van der Waals surface area contributed by atoms with Gasteiger partial charge in [0.25, 0.3) is 5.56 Å². The molecular formula is C20H13F3N4O3S. The molecule has 31 heavy (non-hydrogen) atoms. The zero-order valence-electron chi connectivity index (χ0n) is 15.8. The molecule has 0 fully saturated rings. The molecule has 11 heteroatoms. The van der Waals surface area contributed by atoms with Crippen molar-refractivity contribution in [3.8, 4) is 16.9 Å². The van der Waals surface area contributed by atoms with E-state index >= 15 is 0 Å². The van der Waals surface area contributed by atoms with Crippen molar-refractivity contribution in [2.75, 3.05) is 11.0 Å². The van der Waals surface area contributed by atoms with E-state index in [4.69, 9.17) is 0 Å². The number of sulfonamides is 1. The molecular weight excluding hydrogens is 433 g/mol. The summed E-state index contributed by atoms with van der Waals surface area (Å²) in [7, 11) is -3.86. The molecule has 2 aromatic heterocycles. The number of nitrogens with zero attached hydrogens (tertiary/aromatic N) is 3. The second kappa shape index (κ2) is 7.51. The molecule has 0 aliphatic rings. The maximum Gasteiger partial charge on any atom is 0.256 e. The van der Waals surface area contributed by atoms with Crippen LogP contribution in [0.1, 0.15) is 0 Å². The number of hydrogen-bond acceptors (Lipinski definition) is 5. The number of nitrogens with one attached hydrogen (secondary N) is 1. The Labute approximate surface area is 173 Å². The Hall–Kier alpha value is -3.73. The summed E-state index contributed by atoms with van der Waals surface area (Å²) in [6.45, 7) is 0. The Morgan fingerprint density at radius 2 is 1.52 bits per heavy atom. The van der Waals surface area contributed by atoms with Crippen molar-refractivity contribution in [1.82, 2.24) is 14.5 Å². The van der Waals surface area contributed by atoms with Crippen LogP contribution in [0.2, 0.25) is 0 Å². The minimum Gasteiger partial charge on any atom is -0.269 e. The first-order chi connectivity index (χ1) is 14.7. The van der Waals surface area contributed by atoms with Crippen LogP contribution in [0.3, 0.4) is 0 Å². The summed E-state index contributed by atoms with van der Waals surface area (Å²) in [6, 6.07) is 10.9. The highest BCUT2D eigenvalue weighted by Crippen LogP contribution is 2.30. The maximum atomic E-state index is 14.5. The molecule has 4 aromatic rings. The molecule has 0 unspecified atom stereocenters. The van der Waals surface area contributed by atoms with Gasteiger partial charge in [-0.25, -0.2) is 26.6 Å². The molecule has 4 rings (SSSR count). The van der Waals surface area contributed by atoms with E-state index < -0.39 is 44.7 Å². The average Bonchev–Trinajstić information content (AvgIpc) is 2.68. The van der Waals surface area contributed by atoms with Crippen LogP contribution >= 0.6 is 0 Å². The van der Waals surface area contributed by atoms with Crippen molar-refractivity contribution < 1.29 is 21.6 Å². The quantitative estimate of drug-likeness (QED) is 0.520. The molecule has 0 aliphatic carbocycles. The highest BCUT2D eigenvalue weighted by atomic mass is 32.2. The zero-order valence-corrected chi connectivity index (χ0v) is 16.6. The van der Waals surface area contributed by atoms with Gasteiger partial charge in [-0.05, 0) is 30.3 Å². The Kier molecular flexibility index (Phi) is 4.97. The van der Waals surface area contributed by atoms with E-state index in [9.17, 15) is 26.4 Å². The van der Waals surface area contributed by atoms with Gasteiger partial charge in [0, 0.05) is 17.0 Å². The van der Waals surface area contributed by atoms with Crippen LogP contribution in [0.5, 0.6) is 0 Å². The van der Waals surface area contributed by atoms with E-state index in [-0.39, 0.29) is 22.3 Å². The van der Waals surface area contributed by atoms with Gasteiger partial charge >= 0.3 is 0 Å². The molecule has 0 aliphatic heterocycles. The molecule has 7 nitrogen and oxygen atoms in total. The number of rotatable bonds is 4. The fourth-order valence-electron chi connectivity index (χ4n) is 3.10. The number of anilines is 1. The van der Waals surface area contributed by atoms with Crippen molar-refractivity contribution in [3.63, 3.8) is 0 Å². The molecule has 0 atom stereocenters. The number of halogens is 3. The van der Waals surface area contributed by atoms with Gasteiger partial charge in [-0.3, -0.25) is 14.1 Å². The predicted molar refractivity (Wildman–Crippen MR) is 109 cm³/mol. The molecule has 0 bridgehead atoms. The average molecular weight is 446 g/mol. The first-order valence-corrected chi connectivity index (χ1v) is 10.7. The van der Waals surface area contributed by atoms with E-state index in [2.05, 4.69) is 14.7 Å². The lowest BCUT2D eigenvalue weighted by Gasteiger charge is -2.15. The lowest BCUT2D eigenvalue weighted by Crippen LogP contribution is -2.22. The Balaban J connectivity index is 2.18. The summed E-state index contributed by atoms with van der Waals surface area (Å²) < 4.78 is 69.7. The van der Waals surface area contributed by atoms with Crippen molar-refractivity contribution >= 4 is 27.0 Å². The summed E-state index contributed by atoms with van der Waals surface area (Å²) in [5.74, 6) is -3.26. The summed E-state index contributed by atoms with van der Waals surface area (Å²) in [5.41, 5.74) is -1.94. The van der Waals surface area contributed by atoms with Gasteiger partial charge in [0.15, 0.2) is 5.65 Å². The first kappa shape index (κ1) is 20.5. The number of benzene rings is 2. The largest absolute Gasteiger partial charge is 0.269 e. The highest BCUT2D eigenvalue weighted by Gasteiger charge is 2.21. The normalized spacial score (nSPS) is 11.6. The van der Waals surface area contributed by atoms with Crippen molar-refractivity contribution in [2.45, 2.75) is 0 Å². The van der Waals surface area contributed by atoms with Crippen LogP contribution in [0.25, 0.3) is 28.0 Å². The van der Waals surface area contributed by atoms with Crippen molar-refractivity contribution in [3.05, 3.63) is 82.4 Å². The fourth-order valence-corrected chi connectivity index (χ4v) is 3.53. The lowest BCUT2D eigenvalue weighted by molar-refractivity contribution is 0.568. The van der Waals surface area contributed by atoms with Crippen LogP contribution in [0.4, 0.5) is 19.1 Å². The second-order valence-corrected chi connectivity index (χ2v) is 8.31. The first-order valence-electron chi connectivity index (χ1n) is 8.76. The van der Waals surface area contributed by atoms with Gasteiger partial charge in [0.2, 0.25) is 16.0 Å². The standard InChI is InChI=1S/C20H13F3N4O3S/c1-31(29,30)26-20-24-17(11-5-2-3-6-13(11)21)12-9-10-16(28)27(19(12)25-20)18-14(22)7-4-8-15(18)23/h2-10H,1H3,(H,24,25,26). The monoisotopic (exact) mass is 446 g/mol. The van der Waals surface area contributed by atoms with Crippen molar-refractivity contribution in [1.29, 1.82) is 0 Å². The van der Waals surface area contributed by atoms with Crippen LogP contribution in [0, 0.1) is 17.5 Å². The van der Waals surface area contributed by atoms with Gasteiger partial charge in [-0.1, -0.05) is 18.2 Å². The van der Waals surface area contributed by atoms with E-state index in [1.807, 2.05) is 0 Å². The fraction of sp³-hybridized carbons (Fsp3) is 0.0500. The molecule has 0 saturated carbocycles. The van der Waals surface area contributed by atoms with Crippen LogP contribution in [-0.4, -0.2) is 29.2 Å². The molecule has 0 amide bonds. The Bertz CT molecular complexity index is 1480. The SMILES string of the molecule is CS(=O)(=O)Nc1nc(-c2ccccc2F)c2ccc(=O)n(-c3c(F)cccc3F)c2n1. The number of aromatic nitrogens is 3. The van der Waals surface area contributed by atoms with E-state index in [0.29, 0.717) is 4.57 Å². The Morgan fingerprint density at radius 3 is 2.16 bits per heavy atom. The van der Waals surface area contributed by atoms with Crippen LogP contribution < -0.4 is 10.3 Å². The molecule has 0 radical (unpaired) electrons. The van der Waals surface area contributed by atoms with E-state index in [1.165, 1.54) is 30.3 Å². The van der Waals surface area contributed by atoms with Crippen LogP contribution in [0.15, 0.2) is 59.4 Å². The number of para-hydroxylation sites is 1. The summed E-state index contributed by atoms with van der Waals surface area (Å²) in [6.07, 6.45) is 0.845. The molecule has 0 spiro atoms. The van der Waals surface area contributed by atoms with Gasteiger partial charge in [-0.2, -0.15) is 4.98 Å². The van der Waals surface area contributed by atoms with E-state index in [0.717, 1.165) is 30.5 Å². The van der Waals surface area contributed by atoms with Gasteiger partial charge in [0.1, 0.15) is 23.1 Å². The molecule has 0 saturated heterocycles. The molecule has 2 heterocycles. The minimum absolute atomic E-state index is 0.0225. The predicted octanol–water partition coefficient (Wildman–Crippen LogP) is 3.24. The highest BCUT2D eigenvalue weighted by molar-refractivity contribution is 7.91. The third-order valence-electron chi connectivity index (χ3n) is 4.32. The van der Waals surface area contributed by atoms with Gasteiger partial charge in [-0.15, -0.1) is 0 Å². The third-order valence-corrected chi connectivity index (χ3v) is 4.87.